The second-order valence-corrected chi connectivity index (χ2v) is 7.72. The van der Waals surface area contributed by atoms with E-state index in [1.807, 2.05) is 59.0 Å². The van der Waals surface area contributed by atoms with E-state index in [0.717, 1.165) is 40.3 Å². The first-order chi connectivity index (χ1) is 13.0. The lowest BCUT2D eigenvalue weighted by molar-refractivity contribution is 0.570. The van der Waals surface area contributed by atoms with Crippen LogP contribution in [0.1, 0.15) is 17.7 Å². The Morgan fingerprint density at radius 3 is 2.78 bits per heavy atom. The van der Waals surface area contributed by atoms with Crippen LogP contribution in [0, 0.1) is 6.92 Å². The number of hydrogen-bond acceptors (Lipinski definition) is 3. The largest absolute Gasteiger partial charge is 0.362 e. The van der Waals surface area contributed by atoms with Crippen molar-refractivity contribution in [3.05, 3.63) is 63.5 Å². The Morgan fingerprint density at radius 2 is 2.04 bits per heavy atom. The van der Waals surface area contributed by atoms with Gasteiger partial charge >= 0.3 is 0 Å². The lowest BCUT2D eigenvalue weighted by Crippen LogP contribution is -2.30. The summed E-state index contributed by atoms with van der Waals surface area (Å²) in [6.45, 7) is 4.17. The van der Waals surface area contributed by atoms with Crippen molar-refractivity contribution in [1.82, 2.24) is 24.9 Å². The van der Waals surface area contributed by atoms with Crippen molar-refractivity contribution in [2.75, 3.05) is 11.9 Å². The topological polar surface area (TPSA) is 59.7 Å². The molecule has 0 bridgehead atoms. The molecule has 0 atom stereocenters. The summed E-state index contributed by atoms with van der Waals surface area (Å²) < 4.78 is 4.78. The highest BCUT2D eigenvalue weighted by Crippen LogP contribution is 2.16. The number of nitrogens with one attached hydrogen (secondary N) is 2. The zero-order chi connectivity index (χ0) is 19.2. The molecule has 0 saturated carbocycles. The van der Waals surface area contributed by atoms with Crippen LogP contribution in [0.2, 0.25) is 5.02 Å². The Kier molecular flexibility index (Phi) is 6.87. The highest BCUT2D eigenvalue weighted by Gasteiger charge is 2.05. The minimum Gasteiger partial charge on any atom is -0.362 e. The van der Waals surface area contributed by atoms with E-state index in [9.17, 15) is 0 Å². The van der Waals surface area contributed by atoms with E-state index in [4.69, 9.17) is 23.8 Å². The summed E-state index contributed by atoms with van der Waals surface area (Å²) in [5.74, 6) is 0.700. The van der Waals surface area contributed by atoms with Crippen molar-refractivity contribution in [2.24, 2.45) is 0 Å². The number of aromatic nitrogens is 4. The molecule has 0 saturated heterocycles. The summed E-state index contributed by atoms with van der Waals surface area (Å²) in [5, 5.41) is 16.5. The summed E-state index contributed by atoms with van der Waals surface area (Å²) in [5.41, 5.74) is 2.02. The Bertz CT molecular complexity index is 903. The fraction of sp³-hybridized carbons (Fsp3) is 0.278. The van der Waals surface area contributed by atoms with Gasteiger partial charge in [-0.05, 0) is 53.1 Å². The van der Waals surface area contributed by atoms with Crippen molar-refractivity contribution < 1.29 is 0 Å². The summed E-state index contributed by atoms with van der Waals surface area (Å²) in [4.78, 5) is 0. The molecular weight excluding hydrogens is 448 g/mol. The third-order valence-electron chi connectivity index (χ3n) is 3.91. The Balaban J connectivity index is 1.42. The first-order valence-electron chi connectivity index (χ1n) is 8.52. The van der Waals surface area contributed by atoms with Gasteiger partial charge in [0, 0.05) is 36.6 Å². The number of halogens is 2. The van der Waals surface area contributed by atoms with Gasteiger partial charge < -0.3 is 10.6 Å². The van der Waals surface area contributed by atoms with Crippen LogP contribution >= 0.6 is 39.7 Å². The van der Waals surface area contributed by atoms with E-state index >= 15 is 0 Å². The van der Waals surface area contributed by atoms with Gasteiger partial charge in [0.2, 0.25) is 0 Å². The zero-order valence-electron chi connectivity index (χ0n) is 14.8. The van der Waals surface area contributed by atoms with Crippen LogP contribution in [0.5, 0.6) is 0 Å². The molecule has 2 heterocycles. The van der Waals surface area contributed by atoms with E-state index in [-0.39, 0.29) is 0 Å². The molecule has 0 aliphatic heterocycles. The van der Waals surface area contributed by atoms with Crippen LogP contribution < -0.4 is 10.6 Å². The lowest BCUT2D eigenvalue weighted by Gasteiger charge is -2.09. The molecule has 1 aromatic carbocycles. The van der Waals surface area contributed by atoms with Gasteiger partial charge in [-0.3, -0.25) is 9.36 Å². The van der Waals surface area contributed by atoms with Gasteiger partial charge in [-0.1, -0.05) is 29.8 Å². The van der Waals surface area contributed by atoms with Crippen LogP contribution in [-0.2, 0) is 13.1 Å². The second kappa shape index (κ2) is 9.34. The lowest BCUT2D eigenvalue weighted by atomic mass is 10.2. The molecule has 2 N–H and O–H groups in total. The second-order valence-electron chi connectivity index (χ2n) is 6.05. The number of rotatable bonds is 7. The number of hydrogen-bond donors (Lipinski definition) is 2. The van der Waals surface area contributed by atoms with Gasteiger partial charge in [-0.25, -0.2) is 0 Å². The van der Waals surface area contributed by atoms with E-state index in [1.54, 1.807) is 0 Å². The molecule has 2 aromatic heterocycles. The van der Waals surface area contributed by atoms with Crippen LogP contribution in [0.4, 0.5) is 5.82 Å². The molecule has 3 aromatic rings. The number of benzene rings is 1. The number of aryl methyl sites for hydroxylation is 2. The van der Waals surface area contributed by atoms with Crippen LogP contribution in [0.15, 0.2) is 47.2 Å². The first kappa shape index (κ1) is 19.9. The number of anilines is 1. The molecule has 3 rings (SSSR count). The molecule has 0 fully saturated rings. The van der Waals surface area contributed by atoms with E-state index in [1.165, 1.54) is 0 Å². The first-order valence-corrected chi connectivity index (χ1v) is 10.1. The smallest absolute Gasteiger partial charge is 0.171 e. The normalized spacial score (nSPS) is 10.8. The van der Waals surface area contributed by atoms with E-state index < -0.39 is 0 Å². The maximum absolute atomic E-state index is 6.19. The average molecular weight is 468 g/mol. The Morgan fingerprint density at radius 1 is 1.22 bits per heavy atom. The summed E-state index contributed by atoms with van der Waals surface area (Å²) in [7, 11) is 0. The SMILES string of the molecule is Cc1nn(CCCNC(=S)Nc2ccn(Cc3ccccc3Cl)n2)cc1Br. The van der Waals surface area contributed by atoms with Crippen LogP contribution in [-0.4, -0.2) is 31.2 Å². The van der Waals surface area contributed by atoms with Crippen molar-refractivity contribution in [1.29, 1.82) is 0 Å². The zero-order valence-corrected chi connectivity index (χ0v) is 18.0. The summed E-state index contributed by atoms with van der Waals surface area (Å²) in [6, 6.07) is 9.63. The molecule has 0 aliphatic carbocycles. The Labute approximate surface area is 177 Å². The average Bonchev–Trinajstić information content (AvgIpc) is 3.20. The molecule has 6 nitrogen and oxygen atoms in total. The van der Waals surface area contributed by atoms with Gasteiger partial charge in [0.1, 0.15) is 0 Å². The van der Waals surface area contributed by atoms with Gasteiger partial charge in [0.15, 0.2) is 10.9 Å². The predicted octanol–water partition coefficient (Wildman–Crippen LogP) is 4.23. The van der Waals surface area contributed by atoms with Crippen LogP contribution in [0.3, 0.4) is 0 Å². The quantitative estimate of drug-likeness (QED) is 0.402. The fourth-order valence-corrected chi connectivity index (χ4v) is 3.25. The Hall–Kier alpha value is -1.90. The molecule has 142 valence electrons. The highest BCUT2D eigenvalue weighted by molar-refractivity contribution is 9.10. The van der Waals surface area contributed by atoms with Gasteiger partial charge in [-0.15, -0.1) is 0 Å². The van der Waals surface area contributed by atoms with E-state index in [2.05, 4.69) is 36.8 Å². The highest BCUT2D eigenvalue weighted by atomic mass is 79.9. The summed E-state index contributed by atoms with van der Waals surface area (Å²) in [6.07, 6.45) is 4.79. The van der Waals surface area contributed by atoms with Gasteiger partial charge in [0.05, 0.1) is 16.7 Å². The molecule has 27 heavy (non-hydrogen) atoms. The van der Waals surface area contributed by atoms with E-state index in [0.29, 0.717) is 17.5 Å². The van der Waals surface area contributed by atoms with Gasteiger partial charge in [0.25, 0.3) is 0 Å². The molecule has 0 amide bonds. The minimum absolute atomic E-state index is 0.552. The van der Waals surface area contributed by atoms with Crippen molar-refractivity contribution in [3.8, 4) is 0 Å². The maximum Gasteiger partial charge on any atom is 0.171 e. The molecule has 0 aliphatic rings. The predicted molar refractivity (Wildman–Crippen MR) is 116 cm³/mol. The monoisotopic (exact) mass is 466 g/mol. The van der Waals surface area contributed by atoms with Gasteiger partial charge in [-0.2, -0.15) is 10.2 Å². The standard InChI is InChI=1S/C18H20BrClN6S/c1-13-15(19)12-25(23-13)9-4-8-21-18(27)22-17-7-10-26(24-17)11-14-5-2-3-6-16(14)20/h2-3,5-7,10,12H,4,8-9,11H2,1H3,(H2,21,22,24,27). The number of thiocarbonyl (C=S) groups is 1. The molecular formula is C18H20BrClN6S. The van der Waals surface area contributed by atoms with Crippen molar-refractivity contribution in [3.63, 3.8) is 0 Å². The third kappa shape index (κ3) is 5.79. The maximum atomic E-state index is 6.19. The van der Waals surface area contributed by atoms with Crippen molar-refractivity contribution >= 4 is 50.7 Å². The summed E-state index contributed by atoms with van der Waals surface area (Å²) >= 11 is 15.0. The number of nitrogens with zero attached hydrogens (tertiary/aromatic N) is 4. The molecule has 9 heteroatoms. The minimum atomic E-state index is 0.552. The van der Waals surface area contributed by atoms with Crippen molar-refractivity contribution in [2.45, 2.75) is 26.4 Å². The van der Waals surface area contributed by atoms with Crippen LogP contribution in [0.25, 0.3) is 0 Å². The molecule has 0 radical (unpaired) electrons. The third-order valence-corrected chi connectivity index (χ3v) is 5.30. The molecule has 0 spiro atoms. The molecule has 0 unspecified atom stereocenters. The fourth-order valence-electron chi connectivity index (χ4n) is 2.53.